The highest BCUT2D eigenvalue weighted by molar-refractivity contribution is 9.10. The first kappa shape index (κ1) is 43.5. The van der Waals surface area contributed by atoms with Crippen LogP contribution in [0.2, 0.25) is 0 Å². The molecule has 0 aliphatic carbocycles. The summed E-state index contributed by atoms with van der Waals surface area (Å²) >= 11 is 2.86. The van der Waals surface area contributed by atoms with E-state index in [0.29, 0.717) is 45.9 Å². The fourth-order valence-electron chi connectivity index (χ4n) is 4.23. The van der Waals surface area contributed by atoms with E-state index in [4.69, 9.17) is 39.3 Å². The zero-order chi connectivity index (χ0) is 38.4. The van der Waals surface area contributed by atoms with Crippen molar-refractivity contribution in [3.63, 3.8) is 0 Å². The number of nitrogens with zero attached hydrogens (tertiary/aromatic N) is 2. The summed E-state index contributed by atoms with van der Waals surface area (Å²) in [5.74, 6) is 0.184. The van der Waals surface area contributed by atoms with E-state index in [1.165, 1.54) is 69.9 Å². The van der Waals surface area contributed by atoms with Crippen molar-refractivity contribution < 1.29 is 58.1 Å². The van der Waals surface area contributed by atoms with E-state index >= 15 is 0 Å². The highest BCUT2D eigenvalue weighted by atomic mass is 79.9. The van der Waals surface area contributed by atoms with Crippen molar-refractivity contribution >= 4 is 56.3 Å². The predicted molar refractivity (Wildman–Crippen MR) is 194 cm³/mol. The Morgan fingerprint density at radius 1 is 0.673 bits per heavy atom. The van der Waals surface area contributed by atoms with Crippen LogP contribution < -0.4 is 39.5 Å². The molecule has 4 aromatic rings. The number of hydrogen-bond acceptors (Lipinski definition) is 14. The molecule has 0 unspecified atom stereocenters. The molecule has 0 spiro atoms. The lowest BCUT2D eigenvalue weighted by Crippen LogP contribution is -2.06. The summed E-state index contributed by atoms with van der Waals surface area (Å²) in [5.41, 5.74) is 5.42. The van der Waals surface area contributed by atoms with E-state index < -0.39 is 21.8 Å². The number of nitro benzene ring substituents is 2. The quantitative estimate of drug-likeness (QED) is 0.0637. The number of hydrogen-bond donors (Lipinski definition) is 4. The van der Waals surface area contributed by atoms with Crippen LogP contribution in [0.1, 0.15) is 28.1 Å². The van der Waals surface area contributed by atoms with Crippen molar-refractivity contribution in [2.24, 2.45) is 0 Å². The van der Waals surface area contributed by atoms with Gasteiger partial charge >= 0.3 is 11.9 Å². The molecule has 0 saturated carbocycles. The van der Waals surface area contributed by atoms with Crippen molar-refractivity contribution in [1.29, 1.82) is 0 Å². The number of methoxy groups -OCH3 is 6. The van der Waals surface area contributed by atoms with Crippen LogP contribution in [-0.4, -0.2) is 74.7 Å². The summed E-state index contributed by atoms with van der Waals surface area (Å²) in [5, 5.41) is 42.3. The van der Waals surface area contributed by atoms with Gasteiger partial charge in [-0.1, -0.05) is 19.6 Å². The molecule has 0 radical (unpaired) electrons. The van der Waals surface area contributed by atoms with E-state index in [2.05, 4.69) is 21.2 Å². The number of nitrogens with one attached hydrogen (secondary N) is 1. The summed E-state index contributed by atoms with van der Waals surface area (Å²) in [7, 11) is 8.95. The van der Waals surface area contributed by atoms with Gasteiger partial charge in [0.15, 0.2) is 23.0 Å². The Morgan fingerprint density at radius 2 is 1.06 bits per heavy atom. The first-order chi connectivity index (χ1) is 24.2. The van der Waals surface area contributed by atoms with Crippen LogP contribution in [0.4, 0.5) is 28.4 Å². The number of anilines is 3. The van der Waals surface area contributed by atoms with Gasteiger partial charge in [-0.05, 0) is 28.1 Å². The largest absolute Gasteiger partial charge is 0.493 e. The zero-order valence-corrected chi connectivity index (χ0v) is 29.5. The molecule has 4 aromatic carbocycles. The minimum absolute atomic E-state index is 0. The lowest BCUT2D eigenvalue weighted by Gasteiger charge is -2.16. The Hall–Kier alpha value is -6.50. The van der Waals surface area contributed by atoms with Crippen molar-refractivity contribution in [2.45, 2.75) is 7.43 Å². The number of para-hydroxylation sites is 1. The molecule has 0 atom stereocenters. The standard InChI is InChI=1S/C16H16N2O7.C9H13NO3.C7H4BrNO4.CH4/c1-23-12-7-9(8-13(24-2)15(12)25-3)17-14-10(16(19)20)5-4-6-11(14)18(21)22;1-11-7-4-6(10)5-8(12-2)9(7)13-3;8-6-4(7(10)11)2-1-3-5(6)9(12)13;/h4-8,17H,1-3H3,(H,19,20);4-5H,10H2,1-3H3;1-3H,(H,10,11);1H4. The second-order valence-electron chi connectivity index (χ2n) is 9.46. The Morgan fingerprint density at radius 3 is 1.42 bits per heavy atom. The van der Waals surface area contributed by atoms with E-state index in [1.54, 1.807) is 33.5 Å². The third kappa shape index (κ3) is 10.7. The molecule has 280 valence electrons. The maximum atomic E-state index is 11.4. The van der Waals surface area contributed by atoms with Crippen LogP contribution in [0, 0.1) is 20.2 Å². The van der Waals surface area contributed by atoms with Crippen LogP contribution in [0.15, 0.2) is 65.1 Å². The lowest BCUT2D eigenvalue weighted by atomic mass is 10.1. The van der Waals surface area contributed by atoms with Crippen LogP contribution >= 0.6 is 15.9 Å². The number of aromatic carboxylic acids is 2. The second-order valence-corrected chi connectivity index (χ2v) is 10.3. The number of carbonyl (C=O) groups is 2. The third-order valence-corrected chi connectivity index (χ3v) is 7.33. The zero-order valence-electron chi connectivity index (χ0n) is 27.9. The van der Waals surface area contributed by atoms with Gasteiger partial charge < -0.3 is 49.7 Å². The number of halogens is 1. The van der Waals surface area contributed by atoms with Gasteiger partial charge in [-0.25, -0.2) is 9.59 Å². The molecule has 0 amide bonds. The SMILES string of the molecule is C.COc1cc(N)cc(OC)c1OC.COc1cc(Nc2c(C(=O)O)cccc2[N+](=O)[O-])cc(OC)c1OC.O=C(O)c1cccc([N+](=O)[O-])c1Br. The van der Waals surface area contributed by atoms with E-state index in [0.717, 1.165) is 0 Å². The maximum absolute atomic E-state index is 11.4. The molecule has 0 fully saturated rings. The van der Waals surface area contributed by atoms with Crippen molar-refractivity contribution in [2.75, 3.05) is 53.7 Å². The van der Waals surface area contributed by atoms with Gasteiger partial charge in [-0.2, -0.15) is 0 Å². The Kier molecular flexibility index (Phi) is 16.9. The number of nitrogens with two attached hydrogens (primary N) is 1. The molecule has 18 nitrogen and oxygen atoms in total. The number of ether oxygens (including phenoxy) is 6. The lowest BCUT2D eigenvalue weighted by molar-refractivity contribution is -0.385. The van der Waals surface area contributed by atoms with Gasteiger partial charge in [0, 0.05) is 47.8 Å². The second kappa shape index (κ2) is 20.2. The van der Waals surface area contributed by atoms with E-state index in [1.807, 2.05) is 0 Å². The molecule has 4 rings (SSSR count). The van der Waals surface area contributed by atoms with Gasteiger partial charge in [-0.3, -0.25) is 20.2 Å². The first-order valence-electron chi connectivity index (χ1n) is 14.0. The van der Waals surface area contributed by atoms with Crippen LogP contribution in [0.3, 0.4) is 0 Å². The van der Waals surface area contributed by atoms with Crippen LogP contribution in [-0.2, 0) is 0 Å². The molecule has 52 heavy (non-hydrogen) atoms. The van der Waals surface area contributed by atoms with Crippen LogP contribution in [0.5, 0.6) is 34.5 Å². The number of nitrogen functional groups attached to an aromatic ring is 1. The van der Waals surface area contributed by atoms with Gasteiger partial charge in [0.1, 0.15) is 10.2 Å². The molecular weight excluding hydrogens is 756 g/mol. The van der Waals surface area contributed by atoms with Crippen molar-refractivity contribution in [3.05, 3.63) is 96.5 Å². The topological polar surface area (TPSA) is 254 Å². The third-order valence-electron chi connectivity index (χ3n) is 6.50. The van der Waals surface area contributed by atoms with Gasteiger partial charge in [0.2, 0.25) is 11.5 Å². The highest BCUT2D eigenvalue weighted by Gasteiger charge is 2.23. The molecule has 19 heteroatoms. The van der Waals surface area contributed by atoms with Gasteiger partial charge in [0.05, 0.1) is 63.6 Å². The summed E-state index contributed by atoms with van der Waals surface area (Å²) < 4.78 is 30.9. The Labute approximate surface area is 306 Å². The summed E-state index contributed by atoms with van der Waals surface area (Å²) in [6, 6.07) is 14.0. The molecule has 5 N–H and O–H groups in total. The molecule has 0 heterocycles. The molecule has 0 aromatic heterocycles. The predicted octanol–water partition coefficient (Wildman–Crippen LogP) is 7.05. The van der Waals surface area contributed by atoms with Crippen LogP contribution in [0.25, 0.3) is 0 Å². The van der Waals surface area contributed by atoms with E-state index in [9.17, 15) is 34.9 Å². The molecule has 0 bridgehead atoms. The van der Waals surface area contributed by atoms with E-state index in [-0.39, 0.29) is 40.1 Å². The number of carboxylic acid groups (broad SMARTS) is 2. The average molecular weight is 794 g/mol. The molecule has 0 aliphatic rings. The fraction of sp³-hybridized carbons (Fsp3) is 0.212. The first-order valence-corrected chi connectivity index (χ1v) is 14.8. The average Bonchev–Trinajstić information content (AvgIpc) is 3.10. The molecule has 0 aliphatic heterocycles. The minimum atomic E-state index is -1.29. The number of carboxylic acids is 2. The van der Waals surface area contributed by atoms with Crippen molar-refractivity contribution in [1.82, 2.24) is 0 Å². The fourth-order valence-corrected chi connectivity index (χ4v) is 4.81. The van der Waals surface area contributed by atoms with Gasteiger partial charge in [0.25, 0.3) is 11.4 Å². The monoisotopic (exact) mass is 792 g/mol. The van der Waals surface area contributed by atoms with Crippen molar-refractivity contribution in [3.8, 4) is 34.5 Å². The smallest absolute Gasteiger partial charge is 0.338 e. The number of nitro groups is 2. The summed E-state index contributed by atoms with van der Waals surface area (Å²) in [6.07, 6.45) is 0. The highest BCUT2D eigenvalue weighted by Crippen LogP contribution is 2.42. The molecule has 0 saturated heterocycles. The number of benzene rings is 4. The number of rotatable bonds is 12. The maximum Gasteiger partial charge on any atom is 0.338 e. The molecular formula is C33H37BrN4O14. The summed E-state index contributed by atoms with van der Waals surface area (Å²) in [4.78, 5) is 42.3. The van der Waals surface area contributed by atoms with Gasteiger partial charge in [-0.15, -0.1) is 0 Å². The Balaban J connectivity index is 0.000000424. The normalized spacial score (nSPS) is 9.60. The Bertz CT molecular complexity index is 1790. The summed E-state index contributed by atoms with van der Waals surface area (Å²) in [6.45, 7) is 0. The minimum Gasteiger partial charge on any atom is -0.493 e.